The number of hydrogen-bond donors (Lipinski definition) is 0. The van der Waals surface area contributed by atoms with E-state index in [2.05, 4.69) is 26.8 Å². The molecule has 0 saturated carbocycles. The SMILES string of the molecule is CC/C(C)=C(/CC)CC#N. The minimum Gasteiger partial charge on any atom is -0.198 e. The van der Waals surface area contributed by atoms with Gasteiger partial charge < -0.3 is 0 Å². The highest BCUT2D eigenvalue weighted by Crippen LogP contribution is 2.14. The second kappa shape index (κ2) is 5.05. The maximum absolute atomic E-state index is 8.43. The Morgan fingerprint density at radius 3 is 2.20 bits per heavy atom. The highest BCUT2D eigenvalue weighted by molar-refractivity contribution is 5.14. The number of rotatable bonds is 3. The van der Waals surface area contributed by atoms with Crippen LogP contribution in [0.3, 0.4) is 0 Å². The van der Waals surface area contributed by atoms with Crippen LogP contribution in [0.4, 0.5) is 0 Å². The third-order valence-corrected chi connectivity index (χ3v) is 1.85. The predicted molar refractivity (Wildman–Crippen MR) is 43.5 cm³/mol. The van der Waals surface area contributed by atoms with E-state index in [9.17, 15) is 0 Å². The number of hydrogen-bond acceptors (Lipinski definition) is 1. The summed E-state index contributed by atoms with van der Waals surface area (Å²) in [7, 11) is 0. The van der Waals surface area contributed by atoms with Gasteiger partial charge in [-0.15, -0.1) is 0 Å². The van der Waals surface area contributed by atoms with Gasteiger partial charge in [0, 0.05) is 0 Å². The molecular formula is C9H15N. The summed E-state index contributed by atoms with van der Waals surface area (Å²) in [6, 6.07) is 2.18. The molecule has 0 aromatic rings. The first-order valence-electron chi connectivity index (χ1n) is 3.80. The van der Waals surface area contributed by atoms with Gasteiger partial charge in [0.25, 0.3) is 0 Å². The second-order valence-corrected chi connectivity index (χ2v) is 2.43. The summed E-state index contributed by atoms with van der Waals surface area (Å²) in [5.74, 6) is 0. The number of nitriles is 1. The molecule has 0 aliphatic rings. The molecule has 0 bridgehead atoms. The first-order chi connectivity index (χ1) is 4.76. The summed E-state index contributed by atoms with van der Waals surface area (Å²) in [5.41, 5.74) is 2.69. The van der Waals surface area contributed by atoms with Crippen LogP contribution in [0, 0.1) is 11.3 Å². The summed E-state index contributed by atoms with van der Waals surface area (Å²) >= 11 is 0. The molecule has 0 spiro atoms. The number of nitrogens with zero attached hydrogens (tertiary/aromatic N) is 1. The van der Waals surface area contributed by atoms with E-state index in [1.54, 1.807) is 0 Å². The normalized spacial score (nSPS) is 12.2. The summed E-state index contributed by atoms with van der Waals surface area (Å²) in [4.78, 5) is 0. The van der Waals surface area contributed by atoms with Crippen molar-refractivity contribution in [1.29, 1.82) is 5.26 Å². The molecule has 0 unspecified atom stereocenters. The van der Waals surface area contributed by atoms with Crippen LogP contribution in [0.2, 0.25) is 0 Å². The molecule has 0 aliphatic carbocycles. The molecule has 1 heteroatoms. The standard InChI is InChI=1S/C9H15N/c1-4-8(3)9(5-2)6-7-10/h4-6H2,1-3H3/b9-8-. The summed E-state index contributed by atoms with van der Waals surface area (Å²) in [5, 5.41) is 8.43. The lowest BCUT2D eigenvalue weighted by atomic mass is 10.0. The van der Waals surface area contributed by atoms with Crippen molar-refractivity contribution in [3.8, 4) is 6.07 Å². The monoisotopic (exact) mass is 137 g/mol. The lowest BCUT2D eigenvalue weighted by Crippen LogP contribution is -1.84. The van der Waals surface area contributed by atoms with Crippen LogP contribution in [0.1, 0.15) is 40.0 Å². The third kappa shape index (κ3) is 2.68. The molecule has 0 amide bonds. The molecule has 0 aliphatic heterocycles. The van der Waals surface area contributed by atoms with E-state index in [0.29, 0.717) is 6.42 Å². The quantitative estimate of drug-likeness (QED) is 0.548. The zero-order valence-electron chi connectivity index (χ0n) is 7.07. The van der Waals surface area contributed by atoms with E-state index in [-0.39, 0.29) is 0 Å². The van der Waals surface area contributed by atoms with Gasteiger partial charge in [-0.25, -0.2) is 0 Å². The molecule has 56 valence electrons. The van der Waals surface area contributed by atoms with Crippen LogP contribution in [-0.2, 0) is 0 Å². The highest BCUT2D eigenvalue weighted by Gasteiger charge is 1.96. The molecule has 0 rings (SSSR count). The summed E-state index contributed by atoms with van der Waals surface area (Å²) < 4.78 is 0. The van der Waals surface area contributed by atoms with Crippen LogP contribution in [0.5, 0.6) is 0 Å². The van der Waals surface area contributed by atoms with Gasteiger partial charge in [-0.2, -0.15) is 5.26 Å². The summed E-state index contributed by atoms with van der Waals surface area (Å²) in [6.07, 6.45) is 2.70. The lowest BCUT2D eigenvalue weighted by Gasteiger charge is -2.02. The van der Waals surface area contributed by atoms with Crippen molar-refractivity contribution in [2.75, 3.05) is 0 Å². The van der Waals surface area contributed by atoms with Gasteiger partial charge >= 0.3 is 0 Å². The maximum atomic E-state index is 8.43. The van der Waals surface area contributed by atoms with Gasteiger partial charge in [-0.3, -0.25) is 0 Å². The number of allylic oxidation sites excluding steroid dienone is 2. The molecule has 0 fully saturated rings. The van der Waals surface area contributed by atoms with E-state index in [0.717, 1.165) is 12.8 Å². The van der Waals surface area contributed by atoms with Gasteiger partial charge in [-0.1, -0.05) is 25.0 Å². The average molecular weight is 137 g/mol. The Morgan fingerprint density at radius 1 is 1.30 bits per heavy atom. The molecule has 0 heterocycles. The van der Waals surface area contributed by atoms with Crippen LogP contribution < -0.4 is 0 Å². The molecule has 0 aromatic heterocycles. The van der Waals surface area contributed by atoms with Gasteiger partial charge in [0.15, 0.2) is 0 Å². The van der Waals surface area contributed by atoms with Crippen LogP contribution in [-0.4, -0.2) is 0 Å². The largest absolute Gasteiger partial charge is 0.198 e. The van der Waals surface area contributed by atoms with E-state index in [1.165, 1.54) is 11.1 Å². The lowest BCUT2D eigenvalue weighted by molar-refractivity contribution is 0.949. The van der Waals surface area contributed by atoms with Gasteiger partial charge in [0.05, 0.1) is 12.5 Å². The van der Waals surface area contributed by atoms with Gasteiger partial charge in [0.2, 0.25) is 0 Å². The van der Waals surface area contributed by atoms with Crippen LogP contribution in [0.25, 0.3) is 0 Å². The predicted octanol–water partition coefficient (Wildman–Crippen LogP) is 3.04. The Morgan fingerprint density at radius 2 is 1.90 bits per heavy atom. The molecule has 1 nitrogen and oxygen atoms in total. The van der Waals surface area contributed by atoms with Crippen molar-refractivity contribution in [1.82, 2.24) is 0 Å². The highest BCUT2D eigenvalue weighted by atomic mass is 14.2. The van der Waals surface area contributed by atoms with Crippen LogP contribution in [0.15, 0.2) is 11.1 Å². The van der Waals surface area contributed by atoms with Gasteiger partial charge in [0.1, 0.15) is 0 Å². The van der Waals surface area contributed by atoms with Crippen LogP contribution >= 0.6 is 0 Å². The molecule has 0 saturated heterocycles. The van der Waals surface area contributed by atoms with E-state index < -0.39 is 0 Å². The molecule has 0 radical (unpaired) electrons. The molecule has 10 heavy (non-hydrogen) atoms. The first-order valence-corrected chi connectivity index (χ1v) is 3.80. The smallest absolute Gasteiger partial charge is 0.0666 e. The Kier molecular flexibility index (Phi) is 4.66. The fourth-order valence-corrected chi connectivity index (χ4v) is 0.923. The Labute approximate surface area is 63.4 Å². The minimum absolute atomic E-state index is 0.607. The van der Waals surface area contributed by atoms with Crippen molar-refractivity contribution in [2.24, 2.45) is 0 Å². The second-order valence-electron chi connectivity index (χ2n) is 2.43. The minimum atomic E-state index is 0.607. The van der Waals surface area contributed by atoms with Gasteiger partial charge in [-0.05, 0) is 19.8 Å². The van der Waals surface area contributed by atoms with Crippen molar-refractivity contribution in [3.63, 3.8) is 0 Å². The van der Waals surface area contributed by atoms with Crippen molar-refractivity contribution < 1.29 is 0 Å². The first kappa shape index (κ1) is 9.23. The van der Waals surface area contributed by atoms with Crippen molar-refractivity contribution >= 4 is 0 Å². The van der Waals surface area contributed by atoms with E-state index >= 15 is 0 Å². The molecule has 0 N–H and O–H groups in total. The van der Waals surface area contributed by atoms with E-state index in [1.807, 2.05) is 0 Å². The Hall–Kier alpha value is -0.770. The molecule has 0 aromatic carbocycles. The Bertz CT molecular complexity index is 160. The fraction of sp³-hybridized carbons (Fsp3) is 0.667. The zero-order chi connectivity index (χ0) is 7.98. The Balaban J connectivity index is 4.17. The zero-order valence-corrected chi connectivity index (χ0v) is 7.07. The van der Waals surface area contributed by atoms with Crippen molar-refractivity contribution in [2.45, 2.75) is 40.0 Å². The average Bonchev–Trinajstić information content (AvgIpc) is 1.99. The fourth-order valence-electron chi connectivity index (χ4n) is 0.923. The van der Waals surface area contributed by atoms with Crippen molar-refractivity contribution in [3.05, 3.63) is 11.1 Å². The third-order valence-electron chi connectivity index (χ3n) is 1.85. The molecule has 0 atom stereocenters. The summed E-state index contributed by atoms with van der Waals surface area (Å²) in [6.45, 7) is 6.34. The maximum Gasteiger partial charge on any atom is 0.0666 e. The molecular weight excluding hydrogens is 122 g/mol. The van der Waals surface area contributed by atoms with E-state index in [4.69, 9.17) is 5.26 Å². The topological polar surface area (TPSA) is 23.8 Å².